The van der Waals surface area contributed by atoms with Crippen LogP contribution in [0, 0.1) is 34.5 Å². The fourth-order valence-corrected chi connectivity index (χ4v) is 6.67. The number of nitrogens with zero attached hydrogens (tertiary/aromatic N) is 2. The van der Waals surface area contributed by atoms with Crippen molar-refractivity contribution in [1.29, 1.82) is 5.26 Å². The molecule has 39 heavy (non-hydrogen) atoms. The zero-order chi connectivity index (χ0) is 29.3. The first-order chi connectivity index (χ1) is 17.8. The van der Waals surface area contributed by atoms with E-state index in [4.69, 9.17) is 4.74 Å². The molecule has 0 aromatic rings. The van der Waals surface area contributed by atoms with Crippen molar-refractivity contribution in [1.82, 2.24) is 20.9 Å². The Kier molecular flexibility index (Phi) is 6.98. The van der Waals surface area contributed by atoms with Crippen molar-refractivity contribution in [2.45, 2.75) is 102 Å². The van der Waals surface area contributed by atoms with Crippen molar-refractivity contribution in [3.63, 3.8) is 0 Å². The summed E-state index contributed by atoms with van der Waals surface area (Å²) in [4.78, 5) is 52.6. The number of ether oxygens (including phenoxy) is 1. The number of halogens is 3. The van der Waals surface area contributed by atoms with Gasteiger partial charge in [-0.05, 0) is 57.8 Å². The molecule has 0 radical (unpaired) electrons. The highest BCUT2D eigenvalue weighted by Crippen LogP contribution is 2.65. The summed E-state index contributed by atoms with van der Waals surface area (Å²) in [6, 6.07) is -1.65. The van der Waals surface area contributed by atoms with E-state index in [1.165, 1.54) is 4.90 Å². The van der Waals surface area contributed by atoms with E-state index in [2.05, 4.69) is 10.6 Å². The Morgan fingerprint density at radius 1 is 1.15 bits per heavy atom. The Hall–Kier alpha value is -2.88. The van der Waals surface area contributed by atoms with Crippen LogP contribution in [0.15, 0.2) is 0 Å². The highest BCUT2D eigenvalue weighted by molar-refractivity contribution is 5.95. The summed E-state index contributed by atoms with van der Waals surface area (Å²) >= 11 is 0. The predicted molar refractivity (Wildman–Crippen MR) is 130 cm³/mol. The molecule has 4 amide bonds. The van der Waals surface area contributed by atoms with E-state index in [9.17, 15) is 37.6 Å². The Morgan fingerprint density at radius 2 is 1.77 bits per heavy atom. The Bertz CT molecular complexity index is 1110. The number of carbonyl (C=O) groups excluding carboxylic acids is 4. The number of nitrogens with one attached hydrogen (secondary N) is 3. The molecular formula is C26H36F3N5O5. The van der Waals surface area contributed by atoms with Crippen LogP contribution >= 0.6 is 0 Å². The maximum absolute atomic E-state index is 13.7. The van der Waals surface area contributed by atoms with Crippen molar-refractivity contribution in [2.75, 3.05) is 6.54 Å². The number of nitriles is 1. The van der Waals surface area contributed by atoms with E-state index in [0.717, 1.165) is 0 Å². The monoisotopic (exact) mass is 555 g/mol. The summed E-state index contributed by atoms with van der Waals surface area (Å²) in [6.07, 6.45) is -5.37. The molecule has 4 fully saturated rings. The summed E-state index contributed by atoms with van der Waals surface area (Å²) in [5, 5.41) is 17.0. The number of amides is 4. The standard InChI is InChI=1S/C26H36F3N5O5/c1-23(2)8-12(19(35)33-23)7-13(10-30)31-20(36)18-16-14(25(16,5)6)11-34(18)21(37)17(15-9-24(3,4)39-15)32-22(38)26(27,28)29/h12-18H,7-9,11H2,1-6H3,(H,31,36)(H,32,38)(H,33,35)/t12-,13+,14+,15?,16+,17+,18+/m1/s1. The minimum absolute atomic E-state index is 0.0723. The molecule has 3 aliphatic heterocycles. The van der Waals surface area contributed by atoms with Crippen LogP contribution in [-0.4, -0.2) is 76.6 Å². The first-order valence-corrected chi connectivity index (χ1v) is 13.2. The molecular weight excluding hydrogens is 519 g/mol. The van der Waals surface area contributed by atoms with Crippen molar-refractivity contribution >= 4 is 23.6 Å². The van der Waals surface area contributed by atoms with Gasteiger partial charge in [0.1, 0.15) is 18.1 Å². The molecule has 3 heterocycles. The third-order valence-corrected chi connectivity index (χ3v) is 8.69. The van der Waals surface area contributed by atoms with Crippen molar-refractivity contribution in [3.05, 3.63) is 0 Å². The Morgan fingerprint density at radius 3 is 2.26 bits per heavy atom. The molecule has 4 rings (SSSR count). The zero-order valence-electron chi connectivity index (χ0n) is 22.9. The van der Waals surface area contributed by atoms with Crippen LogP contribution in [0.1, 0.15) is 60.8 Å². The number of alkyl halides is 3. The second-order valence-electron chi connectivity index (χ2n) is 13.2. The topological polar surface area (TPSA) is 141 Å². The Labute approximate surface area is 225 Å². The van der Waals surface area contributed by atoms with Crippen molar-refractivity contribution in [3.8, 4) is 6.07 Å². The van der Waals surface area contributed by atoms with E-state index in [1.807, 2.05) is 33.8 Å². The smallest absolute Gasteiger partial charge is 0.369 e. The molecule has 13 heteroatoms. The van der Waals surface area contributed by atoms with E-state index in [-0.39, 0.29) is 42.5 Å². The van der Waals surface area contributed by atoms with Gasteiger partial charge in [0.25, 0.3) is 0 Å². The molecule has 0 bridgehead atoms. The summed E-state index contributed by atoms with van der Waals surface area (Å²) in [7, 11) is 0. The van der Waals surface area contributed by atoms with Gasteiger partial charge in [-0.3, -0.25) is 19.2 Å². The second-order valence-corrected chi connectivity index (χ2v) is 13.2. The molecule has 0 spiro atoms. The highest BCUT2D eigenvalue weighted by atomic mass is 19.4. The third kappa shape index (κ3) is 5.58. The largest absolute Gasteiger partial charge is 0.471 e. The van der Waals surface area contributed by atoms with Gasteiger partial charge in [0, 0.05) is 24.4 Å². The van der Waals surface area contributed by atoms with Gasteiger partial charge in [0.2, 0.25) is 17.7 Å². The van der Waals surface area contributed by atoms with Crippen LogP contribution in [0.2, 0.25) is 0 Å². The van der Waals surface area contributed by atoms with E-state index < -0.39 is 65.2 Å². The molecule has 3 N–H and O–H groups in total. The van der Waals surface area contributed by atoms with Crippen LogP contribution in [0.4, 0.5) is 13.2 Å². The van der Waals surface area contributed by atoms with Gasteiger partial charge < -0.3 is 25.6 Å². The van der Waals surface area contributed by atoms with Gasteiger partial charge in [0.05, 0.1) is 17.8 Å². The molecule has 10 nitrogen and oxygen atoms in total. The van der Waals surface area contributed by atoms with Crippen LogP contribution in [0.5, 0.6) is 0 Å². The Balaban J connectivity index is 1.52. The SMILES string of the molecule is CC1(C)C[C@@H](C[C@@H](C#N)NC(=O)[C@@H]2[C@@H]3[C@H](CN2C(=O)[C@@H](NC(=O)C(F)(F)F)C2CC(C)(C)O2)C3(C)C)C(=O)N1. The molecule has 0 aromatic heterocycles. The van der Waals surface area contributed by atoms with Crippen LogP contribution in [-0.2, 0) is 23.9 Å². The van der Waals surface area contributed by atoms with Crippen molar-refractivity contribution < 1.29 is 37.1 Å². The number of carbonyl (C=O) groups is 4. The van der Waals surface area contributed by atoms with Crippen LogP contribution in [0.3, 0.4) is 0 Å². The summed E-state index contributed by atoms with van der Waals surface area (Å²) in [5.41, 5.74) is -1.39. The normalized spacial score (nSPS) is 33.1. The lowest BCUT2D eigenvalue weighted by Crippen LogP contribution is -2.65. The summed E-state index contributed by atoms with van der Waals surface area (Å²) in [6.45, 7) is 11.2. The summed E-state index contributed by atoms with van der Waals surface area (Å²) < 4.78 is 44.9. The number of hydrogen-bond acceptors (Lipinski definition) is 6. The van der Waals surface area contributed by atoms with Gasteiger partial charge in [0.15, 0.2) is 0 Å². The molecule has 3 saturated heterocycles. The summed E-state index contributed by atoms with van der Waals surface area (Å²) in [5.74, 6) is -4.73. The van der Waals surface area contributed by atoms with Gasteiger partial charge in [-0.25, -0.2) is 0 Å². The fourth-order valence-electron chi connectivity index (χ4n) is 6.67. The lowest BCUT2D eigenvalue weighted by atomic mass is 9.87. The quantitative estimate of drug-likeness (QED) is 0.434. The maximum Gasteiger partial charge on any atom is 0.471 e. The number of hydrogen-bond donors (Lipinski definition) is 3. The molecule has 216 valence electrons. The first-order valence-electron chi connectivity index (χ1n) is 13.2. The molecule has 7 atom stereocenters. The van der Waals surface area contributed by atoms with Gasteiger partial charge in [-0.1, -0.05) is 13.8 Å². The highest BCUT2D eigenvalue weighted by Gasteiger charge is 2.70. The molecule has 0 aromatic carbocycles. The average Bonchev–Trinajstić information content (AvgIpc) is 3.08. The molecule has 1 unspecified atom stereocenters. The zero-order valence-corrected chi connectivity index (χ0v) is 22.9. The van der Waals surface area contributed by atoms with Gasteiger partial charge >= 0.3 is 12.1 Å². The lowest BCUT2D eigenvalue weighted by Gasteiger charge is -2.47. The fraction of sp³-hybridized carbons (Fsp3) is 0.808. The number of piperidine rings is 1. The lowest BCUT2D eigenvalue weighted by molar-refractivity contribution is -0.205. The number of likely N-dealkylation sites (tertiary alicyclic amines) is 1. The van der Waals surface area contributed by atoms with Crippen LogP contribution < -0.4 is 16.0 Å². The van der Waals surface area contributed by atoms with Gasteiger partial charge in [-0.2, -0.15) is 18.4 Å². The van der Waals surface area contributed by atoms with Crippen LogP contribution in [0.25, 0.3) is 0 Å². The third-order valence-electron chi connectivity index (χ3n) is 8.69. The number of rotatable bonds is 7. The van der Waals surface area contributed by atoms with Crippen molar-refractivity contribution in [2.24, 2.45) is 23.2 Å². The minimum atomic E-state index is -5.20. The molecule has 1 aliphatic carbocycles. The van der Waals surface area contributed by atoms with Gasteiger partial charge in [-0.15, -0.1) is 0 Å². The minimum Gasteiger partial charge on any atom is -0.369 e. The number of fused-ring (bicyclic) bond motifs is 1. The second kappa shape index (κ2) is 9.35. The van der Waals surface area contributed by atoms with E-state index >= 15 is 0 Å². The van der Waals surface area contributed by atoms with E-state index in [0.29, 0.717) is 6.42 Å². The average molecular weight is 556 g/mol. The maximum atomic E-state index is 13.7. The van der Waals surface area contributed by atoms with E-state index in [1.54, 1.807) is 19.2 Å². The predicted octanol–water partition coefficient (Wildman–Crippen LogP) is 1.40. The molecule has 4 aliphatic rings. The first kappa shape index (κ1) is 29.1. The molecule has 1 saturated carbocycles.